The number of hydrogen-bond donors (Lipinski definition) is 1. The highest BCUT2D eigenvalue weighted by Crippen LogP contribution is 2.21. The second-order valence-corrected chi connectivity index (χ2v) is 9.79. The van der Waals surface area contributed by atoms with E-state index in [0.29, 0.717) is 39.1 Å². The van der Waals surface area contributed by atoms with E-state index in [-0.39, 0.29) is 24.0 Å². The standard InChI is InChI=1S/C33H42N2O3/c1-4-6-8-13-26(3)22-32(36)28(19-21-38-5-2)23-33(37)35(25-27-14-9-7-10-15-27)20-18-29-24-34-31-17-12-11-16-30(29)31/h6-17,24,28,34H,4-5,18-23,25H2,1-3H3/b8-6-,26-13+. The van der Waals surface area contributed by atoms with Crippen LogP contribution in [0.15, 0.2) is 84.6 Å². The number of ether oxygens (including phenoxy) is 1. The summed E-state index contributed by atoms with van der Waals surface area (Å²) >= 11 is 0. The lowest BCUT2D eigenvalue weighted by atomic mass is 9.91. The summed E-state index contributed by atoms with van der Waals surface area (Å²) in [5.74, 6) is -0.247. The van der Waals surface area contributed by atoms with Crippen molar-refractivity contribution >= 4 is 22.6 Å². The number of benzene rings is 2. The predicted octanol–water partition coefficient (Wildman–Crippen LogP) is 7.04. The fourth-order valence-corrected chi connectivity index (χ4v) is 4.62. The van der Waals surface area contributed by atoms with Gasteiger partial charge in [-0.25, -0.2) is 0 Å². The van der Waals surface area contributed by atoms with Gasteiger partial charge in [0, 0.05) is 62.2 Å². The number of carbonyl (C=O) groups excluding carboxylic acids is 2. The van der Waals surface area contributed by atoms with Gasteiger partial charge in [-0.15, -0.1) is 0 Å². The molecule has 1 aromatic heterocycles. The molecular weight excluding hydrogens is 472 g/mol. The van der Waals surface area contributed by atoms with Crippen LogP contribution in [0.2, 0.25) is 0 Å². The summed E-state index contributed by atoms with van der Waals surface area (Å²) in [6.45, 7) is 8.19. The van der Waals surface area contributed by atoms with Crippen LogP contribution in [0.25, 0.3) is 10.9 Å². The van der Waals surface area contributed by atoms with Crippen LogP contribution in [0.5, 0.6) is 0 Å². The zero-order valence-electron chi connectivity index (χ0n) is 23.1. The second-order valence-electron chi connectivity index (χ2n) is 9.79. The van der Waals surface area contributed by atoms with Crippen molar-refractivity contribution < 1.29 is 14.3 Å². The van der Waals surface area contributed by atoms with Gasteiger partial charge in [-0.3, -0.25) is 9.59 Å². The van der Waals surface area contributed by atoms with Gasteiger partial charge in [-0.2, -0.15) is 0 Å². The lowest BCUT2D eigenvalue weighted by molar-refractivity contribution is -0.136. The third kappa shape index (κ3) is 9.14. The maximum Gasteiger partial charge on any atom is 0.223 e. The summed E-state index contributed by atoms with van der Waals surface area (Å²) in [7, 11) is 0. The predicted molar refractivity (Wildman–Crippen MR) is 156 cm³/mol. The van der Waals surface area contributed by atoms with Crippen LogP contribution in [0.1, 0.15) is 57.6 Å². The molecular formula is C33H42N2O3. The summed E-state index contributed by atoms with van der Waals surface area (Å²) in [6, 6.07) is 18.3. The van der Waals surface area contributed by atoms with Crippen molar-refractivity contribution in [3.8, 4) is 0 Å². The van der Waals surface area contributed by atoms with E-state index in [9.17, 15) is 9.59 Å². The molecule has 0 saturated heterocycles. The van der Waals surface area contributed by atoms with E-state index < -0.39 is 0 Å². The first-order chi connectivity index (χ1) is 18.5. The summed E-state index contributed by atoms with van der Waals surface area (Å²) in [6.07, 6.45) is 10.9. The number of fused-ring (bicyclic) bond motifs is 1. The number of Topliss-reactive ketones (excluding diaryl/α,β-unsaturated/α-hetero) is 1. The van der Waals surface area contributed by atoms with Crippen molar-refractivity contribution in [2.75, 3.05) is 19.8 Å². The minimum atomic E-state index is -0.362. The molecule has 1 unspecified atom stereocenters. The number of allylic oxidation sites excluding steroid dienone is 4. The molecule has 0 aliphatic heterocycles. The van der Waals surface area contributed by atoms with Crippen molar-refractivity contribution in [3.63, 3.8) is 0 Å². The van der Waals surface area contributed by atoms with Crippen LogP contribution in [-0.2, 0) is 27.3 Å². The smallest absolute Gasteiger partial charge is 0.223 e. The zero-order chi connectivity index (χ0) is 27.2. The number of H-pyrrole nitrogens is 1. The molecule has 1 N–H and O–H groups in total. The maximum atomic E-state index is 13.7. The Morgan fingerprint density at radius 2 is 1.82 bits per heavy atom. The van der Waals surface area contributed by atoms with Crippen molar-refractivity contribution in [1.29, 1.82) is 0 Å². The quantitative estimate of drug-likeness (QED) is 0.165. The molecule has 0 aliphatic carbocycles. The highest BCUT2D eigenvalue weighted by molar-refractivity contribution is 5.88. The van der Waals surface area contributed by atoms with Crippen LogP contribution in [-0.4, -0.2) is 41.3 Å². The van der Waals surface area contributed by atoms with Gasteiger partial charge in [0.2, 0.25) is 5.91 Å². The number of carbonyl (C=O) groups is 2. The van der Waals surface area contributed by atoms with Crippen LogP contribution < -0.4 is 0 Å². The van der Waals surface area contributed by atoms with Gasteiger partial charge < -0.3 is 14.6 Å². The molecule has 0 bridgehead atoms. The van der Waals surface area contributed by atoms with E-state index in [4.69, 9.17) is 4.74 Å². The molecule has 3 rings (SSSR count). The Balaban J connectivity index is 1.75. The van der Waals surface area contributed by atoms with Crippen molar-refractivity contribution in [1.82, 2.24) is 9.88 Å². The lowest BCUT2D eigenvalue weighted by Crippen LogP contribution is -2.35. The number of ketones is 1. The molecule has 0 fully saturated rings. The molecule has 5 heteroatoms. The number of nitrogens with one attached hydrogen (secondary N) is 1. The van der Waals surface area contributed by atoms with Gasteiger partial charge in [0.05, 0.1) is 0 Å². The zero-order valence-corrected chi connectivity index (χ0v) is 23.1. The van der Waals surface area contributed by atoms with Crippen LogP contribution in [0.3, 0.4) is 0 Å². The van der Waals surface area contributed by atoms with E-state index in [2.05, 4.69) is 30.1 Å². The van der Waals surface area contributed by atoms with E-state index in [1.807, 2.05) is 79.6 Å². The first-order valence-corrected chi connectivity index (χ1v) is 13.8. The lowest BCUT2D eigenvalue weighted by Gasteiger charge is -2.25. The fraction of sp³-hybridized carbons (Fsp3) is 0.394. The Morgan fingerprint density at radius 1 is 1.05 bits per heavy atom. The molecule has 5 nitrogen and oxygen atoms in total. The van der Waals surface area contributed by atoms with E-state index >= 15 is 0 Å². The monoisotopic (exact) mass is 514 g/mol. The Morgan fingerprint density at radius 3 is 2.58 bits per heavy atom. The average Bonchev–Trinajstić information content (AvgIpc) is 3.34. The molecule has 0 spiro atoms. The average molecular weight is 515 g/mol. The summed E-state index contributed by atoms with van der Waals surface area (Å²) < 4.78 is 5.57. The van der Waals surface area contributed by atoms with E-state index in [0.717, 1.165) is 29.5 Å². The van der Waals surface area contributed by atoms with Gasteiger partial charge in [-0.05, 0) is 50.3 Å². The highest BCUT2D eigenvalue weighted by atomic mass is 16.5. The Labute approximate surface area is 227 Å². The molecule has 1 amide bonds. The fourth-order valence-electron chi connectivity index (χ4n) is 4.62. The van der Waals surface area contributed by atoms with Gasteiger partial charge in [0.25, 0.3) is 0 Å². The number of hydrogen-bond acceptors (Lipinski definition) is 3. The maximum absolute atomic E-state index is 13.7. The third-order valence-electron chi connectivity index (χ3n) is 6.79. The van der Waals surface area contributed by atoms with Crippen molar-refractivity contribution in [2.45, 2.75) is 59.4 Å². The van der Waals surface area contributed by atoms with Gasteiger partial charge in [0.1, 0.15) is 5.78 Å². The summed E-state index contributed by atoms with van der Waals surface area (Å²) in [5.41, 5.74) is 4.38. The first kappa shape index (κ1) is 29.1. The van der Waals surface area contributed by atoms with E-state index in [1.54, 1.807) is 0 Å². The molecule has 1 atom stereocenters. The minimum absolute atomic E-state index is 0.0102. The van der Waals surface area contributed by atoms with Gasteiger partial charge in [-0.1, -0.05) is 79.3 Å². The minimum Gasteiger partial charge on any atom is -0.382 e. The normalized spacial score (nSPS) is 12.8. The summed E-state index contributed by atoms with van der Waals surface area (Å²) in [4.78, 5) is 32.2. The highest BCUT2D eigenvalue weighted by Gasteiger charge is 2.25. The molecule has 202 valence electrons. The topological polar surface area (TPSA) is 62.4 Å². The number of nitrogens with zero attached hydrogens (tertiary/aromatic N) is 1. The van der Waals surface area contributed by atoms with Crippen LogP contribution in [0, 0.1) is 5.92 Å². The summed E-state index contributed by atoms with van der Waals surface area (Å²) in [5, 5.41) is 1.18. The molecule has 1 heterocycles. The molecule has 3 aromatic rings. The van der Waals surface area contributed by atoms with Crippen LogP contribution in [0.4, 0.5) is 0 Å². The Hall–Kier alpha value is -3.44. The Kier molecular flexibility index (Phi) is 12.1. The molecule has 38 heavy (non-hydrogen) atoms. The SMILES string of the molecule is CC/C=C\C=C(/C)CC(=O)C(CCOCC)CC(=O)N(CCc1c[nH]c2ccccc12)Cc1ccccc1. The molecule has 0 aliphatic rings. The number of rotatable bonds is 16. The molecule has 0 saturated carbocycles. The molecule has 0 radical (unpaired) electrons. The number of para-hydroxylation sites is 1. The second kappa shape index (κ2) is 15.7. The van der Waals surface area contributed by atoms with Crippen molar-refractivity contribution in [3.05, 3.63) is 95.7 Å². The number of aromatic nitrogens is 1. The van der Waals surface area contributed by atoms with Crippen molar-refractivity contribution in [2.24, 2.45) is 5.92 Å². The number of aromatic amines is 1. The van der Waals surface area contributed by atoms with Gasteiger partial charge in [0.15, 0.2) is 0 Å². The first-order valence-electron chi connectivity index (χ1n) is 13.8. The third-order valence-corrected chi connectivity index (χ3v) is 6.79. The van der Waals surface area contributed by atoms with E-state index in [1.165, 1.54) is 10.9 Å². The Bertz CT molecular complexity index is 1210. The largest absolute Gasteiger partial charge is 0.382 e. The van der Waals surface area contributed by atoms with Gasteiger partial charge >= 0.3 is 0 Å². The molecule has 2 aromatic carbocycles. The van der Waals surface area contributed by atoms with Crippen LogP contribution >= 0.6 is 0 Å². The number of amides is 1.